The number of carbonyl (C=O) groups is 2. The molecule has 0 aliphatic carbocycles. The van der Waals surface area contributed by atoms with Gasteiger partial charge in [0.25, 0.3) is 5.91 Å². The number of methoxy groups -OCH3 is 2. The second-order valence-electron chi connectivity index (χ2n) is 8.48. The van der Waals surface area contributed by atoms with Crippen LogP contribution in [0.25, 0.3) is 0 Å². The van der Waals surface area contributed by atoms with Crippen LogP contribution < -0.4 is 10.1 Å². The van der Waals surface area contributed by atoms with Crippen molar-refractivity contribution in [2.45, 2.75) is 24.9 Å². The summed E-state index contributed by atoms with van der Waals surface area (Å²) in [6.07, 6.45) is 0.683. The predicted octanol–water partition coefficient (Wildman–Crippen LogP) is 4.47. The summed E-state index contributed by atoms with van der Waals surface area (Å²) in [6.45, 7) is 1.24. The molecule has 0 aromatic heterocycles. The Balaban J connectivity index is 1.79. The van der Waals surface area contributed by atoms with Crippen LogP contribution in [0, 0.1) is 5.82 Å². The van der Waals surface area contributed by atoms with Gasteiger partial charge in [-0.25, -0.2) is 4.39 Å². The third kappa shape index (κ3) is 5.35. The molecule has 182 valence electrons. The van der Waals surface area contributed by atoms with Crippen molar-refractivity contribution >= 4 is 11.8 Å². The first kappa shape index (κ1) is 24.4. The maximum absolute atomic E-state index is 13.7. The number of rotatable bonds is 9. The number of hydrogen-bond acceptors (Lipinski definition) is 4. The van der Waals surface area contributed by atoms with Gasteiger partial charge in [0.05, 0.1) is 19.1 Å². The van der Waals surface area contributed by atoms with E-state index in [0.29, 0.717) is 36.4 Å². The highest BCUT2D eigenvalue weighted by Crippen LogP contribution is 2.44. The summed E-state index contributed by atoms with van der Waals surface area (Å²) in [6, 6.07) is 20.2. The third-order valence-electron chi connectivity index (χ3n) is 6.27. The monoisotopic (exact) mass is 476 g/mol. The van der Waals surface area contributed by atoms with Crippen molar-refractivity contribution in [3.05, 3.63) is 101 Å². The lowest BCUT2D eigenvalue weighted by molar-refractivity contribution is -0.124. The zero-order valence-corrected chi connectivity index (χ0v) is 19.9. The molecule has 3 aromatic rings. The van der Waals surface area contributed by atoms with Crippen LogP contribution in [0.1, 0.15) is 45.4 Å². The van der Waals surface area contributed by atoms with E-state index in [0.717, 1.165) is 11.1 Å². The number of benzene rings is 3. The first-order valence-electron chi connectivity index (χ1n) is 11.6. The molecule has 4 rings (SSSR count). The minimum atomic E-state index is -0.625. The fourth-order valence-corrected chi connectivity index (χ4v) is 4.55. The highest BCUT2D eigenvalue weighted by atomic mass is 19.1. The molecule has 0 spiro atoms. The number of nitrogens with one attached hydrogen (secondary N) is 1. The molecular weight excluding hydrogens is 447 g/mol. The normalized spacial score (nSPS) is 17.1. The number of amides is 2. The number of carbonyl (C=O) groups excluding carboxylic acids is 2. The Morgan fingerprint density at radius 1 is 1.00 bits per heavy atom. The van der Waals surface area contributed by atoms with Gasteiger partial charge in [-0.2, -0.15) is 0 Å². The highest BCUT2D eigenvalue weighted by molar-refractivity contribution is 6.01. The molecule has 35 heavy (non-hydrogen) atoms. The number of hydrogen-bond donors (Lipinski definition) is 1. The summed E-state index contributed by atoms with van der Waals surface area (Å²) in [5.41, 5.74) is 2.78. The summed E-state index contributed by atoms with van der Waals surface area (Å²) in [5.74, 6) is -0.619. The maximum Gasteiger partial charge on any atom is 0.255 e. The highest BCUT2D eigenvalue weighted by Gasteiger charge is 2.44. The topological polar surface area (TPSA) is 67.9 Å². The molecular formula is C28H29FN2O4. The quantitative estimate of drug-likeness (QED) is 0.463. The molecule has 3 aromatic carbocycles. The van der Waals surface area contributed by atoms with Crippen LogP contribution in [-0.2, 0) is 16.1 Å². The maximum atomic E-state index is 13.7. The van der Waals surface area contributed by atoms with Gasteiger partial charge in [-0.05, 0) is 53.4 Å². The largest absolute Gasteiger partial charge is 0.497 e. The number of ether oxygens (including phenoxy) is 2. The third-order valence-corrected chi connectivity index (χ3v) is 6.27. The van der Waals surface area contributed by atoms with Crippen molar-refractivity contribution in [1.29, 1.82) is 0 Å². The van der Waals surface area contributed by atoms with Crippen LogP contribution in [0.5, 0.6) is 5.75 Å². The van der Waals surface area contributed by atoms with E-state index in [4.69, 9.17) is 9.47 Å². The fraction of sp³-hybridized carbons (Fsp3) is 0.286. The van der Waals surface area contributed by atoms with E-state index >= 15 is 0 Å². The Morgan fingerprint density at radius 2 is 1.71 bits per heavy atom. The Kier molecular flexibility index (Phi) is 7.77. The average molecular weight is 477 g/mol. The van der Waals surface area contributed by atoms with Gasteiger partial charge in [-0.3, -0.25) is 9.59 Å². The molecule has 0 saturated carbocycles. The van der Waals surface area contributed by atoms with Crippen LogP contribution in [0.2, 0.25) is 0 Å². The van der Waals surface area contributed by atoms with Crippen LogP contribution >= 0.6 is 0 Å². The SMILES string of the molecule is COCCCNC(=O)C1c2ccccc2C(=O)N(Cc2ccc(F)cc2)C1c1ccc(OC)cc1. The van der Waals surface area contributed by atoms with Crippen molar-refractivity contribution in [2.24, 2.45) is 0 Å². The van der Waals surface area contributed by atoms with Crippen LogP contribution in [-0.4, -0.2) is 44.1 Å². The number of fused-ring (bicyclic) bond motifs is 1. The van der Waals surface area contributed by atoms with Gasteiger partial charge in [-0.15, -0.1) is 0 Å². The van der Waals surface area contributed by atoms with Gasteiger partial charge in [0.15, 0.2) is 0 Å². The van der Waals surface area contributed by atoms with Crippen molar-refractivity contribution in [1.82, 2.24) is 10.2 Å². The molecule has 0 bridgehead atoms. The molecule has 1 N–H and O–H groups in total. The second-order valence-corrected chi connectivity index (χ2v) is 8.48. The molecule has 1 heterocycles. The Labute approximate surface area is 204 Å². The Morgan fingerprint density at radius 3 is 2.40 bits per heavy atom. The van der Waals surface area contributed by atoms with E-state index in [1.54, 1.807) is 43.4 Å². The molecule has 2 unspecified atom stereocenters. The smallest absolute Gasteiger partial charge is 0.255 e. The van der Waals surface area contributed by atoms with Crippen LogP contribution in [0.4, 0.5) is 4.39 Å². The Bertz CT molecular complexity index is 1160. The molecule has 0 fully saturated rings. The molecule has 2 atom stereocenters. The molecule has 0 saturated heterocycles. The van der Waals surface area contributed by atoms with Gasteiger partial charge < -0.3 is 19.7 Å². The van der Waals surface area contributed by atoms with E-state index < -0.39 is 12.0 Å². The lowest BCUT2D eigenvalue weighted by atomic mass is 9.79. The van der Waals surface area contributed by atoms with Crippen LogP contribution in [0.15, 0.2) is 72.8 Å². The zero-order chi connectivity index (χ0) is 24.8. The van der Waals surface area contributed by atoms with E-state index in [1.165, 1.54) is 12.1 Å². The van der Waals surface area contributed by atoms with E-state index in [9.17, 15) is 14.0 Å². The Hall–Kier alpha value is -3.71. The molecule has 1 aliphatic rings. The van der Waals surface area contributed by atoms with E-state index in [-0.39, 0.29) is 24.2 Å². The van der Waals surface area contributed by atoms with E-state index in [1.807, 2.05) is 36.4 Å². The summed E-state index contributed by atoms with van der Waals surface area (Å²) in [7, 11) is 3.21. The summed E-state index contributed by atoms with van der Waals surface area (Å²) in [5, 5.41) is 3.03. The minimum Gasteiger partial charge on any atom is -0.497 e. The predicted molar refractivity (Wildman–Crippen MR) is 131 cm³/mol. The molecule has 0 radical (unpaired) electrons. The lowest BCUT2D eigenvalue weighted by Crippen LogP contribution is -2.47. The van der Waals surface area contributed by atoms with Gasteiger partial charge in [-0.1, -0.05) is 42.5 Å². The summed E-state index contributed by atoms with van der Waals surface area (Å²) >= 11 is 0. The minimum absolute atomic E-state index is 0.161. The zero-order valence-electron chi connectivity index (χ0n) is 19.9. The van der Waals surface area contributed by atoms with Gasteiger partial charge in [0.2, 0.25) is 5.91 Å². The summed E-state index contributed by atoms with van der Waals surface area (Å²) < 4.78 is 24.0. The van der Waals surface area contributed by atoms with Crippen molar-refractivity contribution in [3.8, 4) is 5.75 Å². The van der Waals surface area contributed by atoms with Crippen molar-refractivity contribution in [2.75, 3.05) is 27.4 Å². The van der Waals surface area contributed by atoms with E-state index in [2.05, 4.69) is 5.32 Å². The summed E-state index contributed by atoms with van der Waals surface area (Å²) in [4.78, 5) is 29.1. The second kappa shape index (κ2) is 11.1. The lowest BCUT2D eigenvalue weighted by Gasteiger charge is -2.42. The fourth-order valence-electron chi connectivity index (χ4n) is 4.55. The molecule has 1 aliphatic heterocycles. The average Bonchev–Trinajstić information content (AvgIpc) is 2.89. The van der Waals surface area contributed by atoms with Crippen molar-refractivity contribution in [3.63, 3.8) is 0 Å². The standard InChI is InChI=1S/C28H29FN2O4/c1-34-17-5-16-30-27(32)25-23-6-3-4-7-24(23)28(33)31(18-19-8-12-21(29)13-9-19)26(25)20-10-14-22(35-2)15-11-20/h3-4,6-15,25-26H,5,16-18H2,1-2H3,(H,30,32). The van der Waals surface area contributed by atoms with Crippen LogP contribution in [0.3, 0.4) is 0 Å². The number of nitrogens with zero attached hydrogens (tertiary/aromatic N) is 1. The van der Waals surface area contributed by atoms with Crippen molar-refractivity contribution < 1.29 is 23.5 Å². The molecule has 6 nitrogen and oxygen atoms in total. The first-order chi connectivity index (χ1) is 17.0. The molecule has 7 heteroatoms. The van der Waals surface area contributed by atoms with Gasteiger partial charge in [0.1, 0.15) is 11.6 Å². The van der Waals surface area contributed by atoms with Gasteiger partial charge >= 0.3 is 0 Å². The van der Waals surface area contributed by atoms with Gasteiger partial charge in [0, 0.05) is 32.4 Å². The number of halogens is 1. The molecule has 2 amide bonds. The first-order valence-corrected chi connectivity index (χ1v) is 11.6.